The molecule has 1 fully saturated rings. The van der Waals surface area contributed by atoms with Gasteiger partial charge in [0, 0.05) is 26.2 Å². The molecule has 1 unspecified atom stereocenters. The van der Waals surface area contributed by atoms with Gasteiger partial charge < -0.3 is 4.90 Å². The number of nitrogens with zero attached hydrogens (tertiary/aromatic N) is 3. The van der Waals surface area contributed by atoms with Gasteiger partial charge in [-0.3, -0.25) is 4.90 Å². The fraction of sp³-hybridized carbons (Fsp3) is 0.917. The number of nitriles is 1. The highest BCUT2D eigenvalue weighted by atomic mass is 15.3. The van der Waals surface area contributed by atoms with Crippen LogP contribution in [-0.2, 0) is 0 Å². The van der Waals surface area contributed by atoms with E-state index in [1.54, 1.807) is 0 Å². The molecule has 86 valence electrons. The van der Waals surface area contributed by atoms with Crippen molar-refractivity contribution >= 4 is 0 Å². The molecule has 0 N–H and O–H groups in total. The molecule has 1 aliphatic rings. The summed E-state index contributed by atoms with van der Waals surface area (Å²) in [5.41, 5.74) is 0. The third kappa shape index (κ3) is 4.19. The van der Waals surface area contributed by atoms with Crippen molar-refractivity contribution in [1.82, 2.24) is 9.80 Å². The van der Waals surface area contributed by atoms with Crippen molar-refractivity contribution in [3.8, 4) is 6.07 Å². The van der Waals surface area contributed by atoms with Crippen LogP contribution in [0.2, 0.25) is 0 Å². The summed E-state index contributed by atoms with van der Waals surface area (Å²) in [5.74, 6) is 0. The molecule has 1 heterocycles. The van der Waals surface area contributed by atoms with Gasteiger partial charge >= 0.3 is 0 Å². The van der Waals surface area contributed by atoms with Crippen LogP contribution >= 0.6 is 0 Å². The normalized spacial score (nSPS) is 21.1. The summed E-state index contributed by atoms with van der Waals surface area (Å²) in [7, 11) is 2.15. The molecular formula is C12H23N3. The zero-order valence-electron chi connectivity index (χ0n) is 10.1. The summed E-state index contributed by atoms with van der Waals surface area (Å²) in [6.45, 7) is 6.52. The predicted molar refractivity (Wildman–Crippen MR) is 62.6 cm³/mol. The fourth-order valence-corrected chi connectivity index (χ4v) is 2.05. The van der Waals surface area contributed by atoms with E-state index in [1.165, 1.54) is 19.3 Å². The van der Waals surface area contributed by atoms with Crippen LogP contribution in [0.4, 0.5) is 0 Å². The average molecular weight is 209 g/mol. The highest BCUT2D eigenvalue weighted by Crippen LogP contribution is 2.11. The second-order valence-corrected chi connectivity index (χ2v) is 4.48. The van der Waals surface area contributed by atoms with Gasteiger partial charge in [0.2, 0.25) is 0 Å². The Labute approximate surface area is 93.7 Å². The minimum atomic E-state index is 0.158. The van der Waals surface area contributed by atoms with Crippen molar-refractivity contribution in [2.75, 3.05) is 33.2 Å². The molecule has 3 nitrogen and oxygen atoms in total. The van der Waals surface area contributed by atoms with Crippen LogP contribution in [0.1, 0.15) is 32.6 Å². The number of likely N-dealkylation sites (N-methyl/N-ethyl adjacent to an activating group) is 1. The molecule has 0 aromatic heterocycles. The maximum atomic E-state index is 9.14. The van der Waals surface area contributed by atoms with Gasteiger partial charge in [0.05, 0.1) is 12.1 Å². The number of hydrogen-bond donors (Lipinski definition) is 0. The molecular weight excluding hydrogens is 186 g/mol. The van der Waals surface area contributed by atoms with Crippen LogP contribution in [-0.4, -0.2) is 49.1 Å². The van der Waals surface area contributed by atoms with Crippen LogP contribution in [0.25, 0.3) is 0 Å². The highest BCUT2D eigenvalue weighted by molar-refractivity contribution is 4.93. The fourth-order valence-electron chi connectivity index (χ4n) is 2.05. The maximum Gasteiger partial charge on any atom is 0.0978 e. The Morgan fingerprint density at radius 3 is 2.40 bits per heavy atom. The van der Waals surface area contributed by atoms with Crippen LogP contribution in [0, 0.1) is 11.3 Å². The molecule has 0 aromatic rings. The molecule has 0 spiro atoms. The SMILES string of the molecule is CCCCCC(C#N)N1CCN(C)CC1. The molecule has 1 rings (SSSR count). The highest BCUT2D eigenvalue weighted by Gasteiger charge is 2.21. The van der Waals surface area contributed by atoms with E-state index in [1.807, 2.05) is 0 Å². The number of unbranched alkanes of at least 4 members (excludes halogenated alkanes) is 2. The molecule has 0 saturated carbocycles. The van der Waals surface area contributed by atoms with Gasteiger partial charge in [-0.2, -0.15) is 5.26 Å². The third-order valence-corrected chi connectivity index (χ3v) is 3.21. The van der Waals surface area contributed by atoms with Crippen LogP contribution in [0.3, 0.4) is 0 Å². The summed E-state index contributed by atoms with van der Waals surface area (Å²) in [4.78, 5) is 4.67. The minimum Gasteiger partial charge on any atom is -0.304 e. The molecule has 0 radical (unpaired) electrons. The lowest BCUT2D eigenvalue weighted by atomic mass is 10.1. The molecule has 3 heteroatoms. The average Bonchev–Trinajstić information content (AvgIpc) is 2.26. The standard InChI is InChI=1S/C12H23N3/c1-3-4-5-6-12(11-13)15-9-7-14(2)8-10-15/h12H,3-10H2,1-2H3. The lowest BCUT2D eigenvalue weighted by Gasteiger charge is -2.35. The molecule has 0 aliphatic carbocycles. The summed E-state index contributed by atoms with van der Waals surface area (Å²) >= 11 is 0. The van der Waals surface area contributed by atoms with Crippen molar-refractivity contribution in [1.29, 1.82) is 5.26 Å². The summed E-state index contributed by atoms with van der Waals surface area (Å²) in [6, 6.07) is 2.61. The van der Waals surface area contributed by atoms with Crippen LogP contribution in [0.15, 0.2) is 0 Å². The van der Waals surface area contributed by atoms with E-state index in [9.17, 15) is 0 Å². The van der Waals surface area contributed by atoms with Gasteiger partial charge in [-0.25, -0.2) is 0 Å². The van der Waals surface area contributed by atoms with E-state index in [2.05, 4.69) is 29.8 Å². The summed E-state index contributed by atoms with van der Waals surface area (Å²) < 4.78 is 0. The Balaban J connectivity index is 2.28. The Bertz CT molecular complexity index is 201. The lowest BCUT2D eigenvalue weighted by Crippen LogP contribution is -2.48. The van der Waals surface area contributed by atoms with E-state index in [0.29, 0.717) is 0 Å². The molecule has 0 bridgehead atoms. The van der Waals surface area contributed by atoms with E-state index in [-0.39, 0.29) is 6.04 Å². The first-order valence-electron chi connectivity index (χ1n) is 6.10. The van der Waals surface area contributed by atoms with Crippen LogP contribution < -0.4 is 0 Å². The quantitative estimate of drug-likeness (QED) is 0.646. The Kier molecular flexibility index (Phi) is 5.67. The smallest absolute Gasteiger partial charge is 0.0978 e. The van der Waals surface area contributed by atoms with Gasteiger partial charge in [0.25, 0.3) is 0 Å². The van der Waals surface area contributed by atoms with Gasteiger partial charge in [-0.05, 0) is 13.5 Å². The van der Waals surface area contributed by atoms with Gasteiger partial charge in [0.1, 0.15) is 0 Å². The van der Waals surface area contributed by atoms with Gasteiger partial charge in [0.15, 0.2) is 0 Å². The monoisotopic (exact) mass is 209 g/mol. The number of piperazine rings is 1. The molecule has 1 aliphatic heterocycles. The van der Waals surface area contributed by atoms with E-state index >= 15 is 0 Å². The van der Waals surface area contributed by atoms with E-state index in [0.717, 1.165) is 32.6 Å². The van der Waals surface area contributed by atoms with Crippen molar-refractivity contribution < 1.29 is 0 Å². The Morgan fingerprint density at radius 1 is 1.20 bits per heavy atom. The zero-order valence-corrected chi connectivity index (χ0v) is 10.1. The zero-order chi connectivity index (χ0) is 11.1. The minimum absolute atomic E-state index is 0.158. The first-order chi connectivity index (χ1) is 7.27. The topological polar surface area (TPSA) is 30.3 Å². The van der Waals surface area contributed by atoms with Crippen molar-refractivity contribution in [3.05, 3.63) is 0 Å². The second kappa shape index (κ2) is 6.81. The molecule has 0 amide bonds. The van der Waals surface area contributed by atoms with E-state index in [4.69, 9.17) is 5.26 Å². The Morgan fingerprint density at radius 2 is 1.87 bits per heavy atom. The molecule has 1 atom stereocenters. The van der Waals surface area contributed by atoms with Gasteiger partial charge in [-0.15, -0.1) is 0 Å². The van der Waals surface area contributed by atoms with E-state index < -0.39 is 0 Å². The number of hydrogen-bond acceptors (Lipinski definition) is 3. The molecule has 1 saturated heterocycles. The van der Waals surface area contributed by atoms with Crippen molar-refractivity contribution in [2.45, 2.75) is 38.6 Å². The third-order valence-electron chi connectivity index (χ3n) is 3.21. The van der Waals surface area contributed by atoms with Crippen LogP contribution in [0.5, 0.6) is 0 Å². The Hall–Kier alpha value is -0.590. The predicted octanol–water partition coefficient (Wildman–Crippen LogP) is 1.71. The summed E-state index contributed by atoms with van der Waals surface area (Å²) in [6.07, 6.45) is 4.74. The first-order valence-corrected chi connectivity index (χ1v) is 6.10. The van der Waals surface area contributed by atoms with Crippen molar-refractivity contribution in [3.63, 3.8) is 0 Å². The van der Waals surface area contributed by atoms with Gasteiger partial charge in [-0.1, -0.05) is 26.2 Å². The molecule has 0 aromatic carbocycles. The largest absolute Gasteiger partial charge is 0.304 e. The first kappa shape index (κ1) is 12.5. The second-order valence-electron chi connectivity index (χ2n) is 4.48. The number of rotatable bonds is 5. The maximum absolute atomic E-state index is 9.14. The van der Waals surface area contributed by atoms with Crippen molar-refractivity contribution in [2.24, 2.45) is 0 Å². The lowest BCUT2D eigenvalue weighted by molar-refractivity contribution is 0.127. The molecule has 15 heavy (non-hydrogen) atoms. The summed E-state index contributed by atoms with van der Waals surface area (Å²) in [5, 5.41) is 9.14.